The number of fused-ring (bicyclic) bond motifs is 5. The molecule has 0 spiro atoms. The van der Waals surface area contributed by atoms with Gasteiger partial charge in [0.15, 0.2) is 0 Å². The van der Waals surface area contributed by atoms with Crippen LogP contribution in [0.5, 0.6) is 0 Å². The molecule has 1 aromatic heterocycles. The molecule has 2 unspecified atom stereocenters. The van der Waals surface area contributed by atoms with E-state index in [2.05, 4.69) is 181 Å². The van der Waals surface area contributed by atoms with Gasteiger partial charge in [-0.1, -0.05) is 146 Å². The minimum absolute atomic E-state index is 0.255. The van der Waals surface area contributed by atoms with Gasteiger partial charge in [-0.3, -0.25) is 0 Å². The third-order valence-electron chi connectivity index (χ3n) is 9.63. The first-order valence-corrected chi connectivity index (χ1v) is 15.8. The third-order valence-corrected chi connectivity index (χ3v) is 9.63. The van der Waals surface area contributed by atoms with Gasteiger partial charge in [0.25, 0.3) is 0 Å². The van der Waals surface area contributed by atoms with Crippen molar-refractivity contribution < 1.29 is 0 Å². The van der Waals surface area contributed by atoms with Gasteiger partial charge in [-0.15, -0.1) is 0 Å². The van der Waals surface area contributed by atoms with Crippen LogP contribution in [0.15, 0.2) is 182 Å². The number of allylic oxidation sites excluding steroid dienone is 5. The van der Waals surface area contributed by atoms with E-state index in [-0.39, 0.29) is 11.8 Å². The van der Waals surface area contributed by atoms with E-state index in [1.165, 1.54) is 72.0 Å². The summed E-state index contributed by atoms with van der Waals surface area (Å²) in [5.41, 5.74) is 14.2. The molecule has 9 rings (SSSR count). The minimum Gasteiger partial charge on any atom is -0.309 e. The summed E-state index contributed by atoms with van der Waals surface area (Å²) in [7, 11) is 0. The molecule has 2 aliphatic carbocycles. The van der Waals surface area contributed by atoms with Gasteiger partial charge in [0.2, 0.25) is 0 Å². The van der Waals surface area contributed by atoms with Crippen LogP contribution in [0.3, 0.4) is 0 Å². The number of aromatic nitrogens is 1. The average Bonchev–Trinajstić information content (AvgIpc) is 3.45. The molecule has 212 valence electrons. The number of hydrogen-bond donors (Lipinski definition) is 0. The van der Waals surface area contributed by atoms with Crippen LogP contribution in [-0.4, -0.2) is 4.57 Å². The molecule has 0 N–H and O–H groups in total. The maximum atomic E-state index is 2.39. The Balaban J connectivity index is 1.14. The summed E-state index contributed by atoms with van der Waals surface area (Å²) in [6.07, 6.45) is 9.12. The summed E-state index contributed by atoms with van der Waals surface area (Å²) >= 11 is 0. The Morgan fingerprint density at radius 2 is 1.18 bits per heavy atom. The smallest absolute Gasteiger partial charge is 0.0541 e. The van der Waals surface area contributed by atoms with Crippen LogP contribution in [0.25, 0.3) is 44.2 Å². The third kappa shape index (κ3) is 4.16. The fourth-order valence-corrected chi connectivity index (χ4v) is 7.65. The summed E-state index contributed by atoms with van der Waals surface area (Å²) in [6, 6.07) is 55.5. The second-order valence-corrected chi connectivity index (χ2v) is 12.1. The number of hydrogen-bond acceptors (Lipinski definition) is 0. The fraction of sp³-hybridized carbons (Fsp3) is 0.0455. The first kappa shape index (κ1) is 25.8. The SMILES string of the molecule is C1=CC2=C(c3ccccc3)c3ccccc3C(c3ccc(-c4ccc5c(c4)c4ccccc4n5-c4ccccc4)cc3)C2C=C1. The van der Waals surface area contributed by atoms with E-state index in [1.54, 1.807) is 0 Å². The molecule has 7 aromatic rings. The zero-order valence-electron chi connectivity index (χ0n) is 24.8. The van der Waals surface area contributed by atoms with Gasteiger partial charge >= 0.3 is 0 Å². The normalized spacial score (nSPS) is 17.1. The first-order valence-electron chi connectivity index (χ1n) is 15.8. The Morgan fingerprint density at radius 3 is 2.02 bits per heavy atom. The van der Waals surface area contributed by atoms with Crippen LogP contribution in [0.2, 0.25) is 0 Å². The Labute approximate surface area is 263 Å². The van der Waals surface area contributed by atoms with Gasteiger partial charge in [-0.25, -0.2) is 0 Å². The molecule has 1 nitrogen and oxygen atoms in total. The van der Waals surface area contributed by atoms with Crippen molar-refractivity contribution in [3.8, 4) is 16.8 Å². The lowest BCUT2D eigenvalue weighted by Gasteiger charge is -2.37. The van der Waals surface area contributed by atoms with Crippen molar-refractivity contribution in [1.29, 1.82) is 0 Å². The van der Waals surface area contributed by atoms with Crippen molar-refractivity contribution in [3.63, 3.8) is 0 Å². The summed E-state index contributed by atoms with van der Waals surface area (Å²) in [4.78, 5) is 0. The number of benzene rings is 6. The van der Waals surface area contributed by atoms with E-state index in [4.69, 9.17) is 0 Å². The first-order chi connectivity index (χ1) is 22.3. The molecule has 1 heterocycles. The summed E-state index contributed by atoms with van der Waals surface area (Å²) in [5.74, 6) is 0.539. The molecule has 0 radical (unpaired) electrons. The monoisotopic (exact) mass is 573 g/mol. The van der Waals surface area contributed by atoms with Gasteiger partial charge in [0.05, 0.1) is 11.0 Å². The van der Waals surface area contributed by atoms with E-state index < -0.39 is 0 Å². The molecule has 45 heavy (non-hydrogen) atoms. The van der Waals surface area contributed by atoms with Crippen molar-refractivity contribution >= 4 is 27.4 Å². The lowest BCUT2D eigenvalue weighted by molar-refractivity contribution is 0.649. The zero-order valence-corrected chi connectivity index (χ0v) is 24.8. The molecule has 2 aliphatic rings. The highest BCUT2D eigenvalue weighted by Gasteiger charge is 2.35. The minimum atomic E-state index is 0.255. The Bertz CT molecular complexity index is 2300. The van der Waals surface area contributed by atoms with Gasteiger partial charge in [0.1, 0.15) is 0 Å². The van der Waals surface area contributed by atoms with Crippen LogP contribution in [0.1, 0.15) is 28.2 Å². The molecule has 0 saturated heterocycles. The largest absolute Gasteiger partial charge is 0.309 e. The lowest BCUT2D eigenvalue weighted by atomic mass is 9.66. The predicted octanol–water partition coefficient (Wildman–Crippen LogP) is 11.1. The summed E-state index contributed by atoms with van der Waals surface area (Å²) < 4.78 is 2.37. The molecule has 2 atom stereocenters. The second kappa shape index (κ2) is 10.5. The summed E-state index contributed by atoms with van der Waals surface area (Å²) in [6.45, 7) is 0. The molecular weight excluding hydrogens is 542 g/mol. The van der Waals surface area contributed by atoms with Crippen LogP contribution in [-0.2, 0) is 0 Å². The van der Waals surface area contributed by atoms with Crippen molar-refractivity contribution in [1.82, 2.24) is 4.57 Å². The molecule has 0 fully saturated rings. The molecular formula is C44H31N. The molecule has 0 bridgehead atoms. The number of nitrogens with zero attached hydrogens (tertiary/aromatic N) is 1. The van der Waals surface area contributed by atoms with Crippen LogP contribution < -0.4 is 0 Å². The second-order valence-electron chi connectivity index (χ2n) is 12.1. The van der Waals surface area contributed by atoms with Crippen LogP contribution in [0.4, 0.5) is 0 Å². The van der Waals surface area contributed by atoms with E-state index in [0.717, 1.165) is 0 Å². The van der Waals surface area contributed by atoms with Crippen molar-refractivity contribution in [3.05, 3.63) is 204 Å². The van der Waals surface area contributed by atoms with Crippen molar-refractivity contribution in [2.24, 2.45) is 5.92 Å². The maximum absolute atomic E-state index is 2.39. The Morgan fingerprint density at radius 1 is 0.489 bits per heavy atom. The number of rotatable bonds is 4. The van der Waals surface area contributed by atoms with E-state index in [0.29, 0.717) is 0 Å². The molecule has 0 saturated carbocycles. The quantitative estimate of drug-likeness (QED) is 0.197. The van der Waals surface area contributed by atoms with Gasteiger partial charge in [-0.05, 0) is 74.9 Å². The number of para-hydroxylation sites is 2. The fourth-order valence-electron chi connectivity index (χ4n) is 7.65. The average molecular weight is 574 g/mol. The van der Waals surface area contributed by atoms with Crippen molar-refractivity contribution in [2.45, 2.75) is 5.92 Å². The molecule has 0 amide bonds. The molecule has 0 aliphatic heterocycles. The summed E-state index contributed by atoms with van der Waals surface area (Å²) in [5, 5.41) is 2.55. The van der Waals surface area contributed by atoms with Crippen molar-refractivity contribution in [2.75, 3.05) is 0 Å². The maximum Gasteiger partial charge on any atom is 0.0541 e. The standard InChI is InChI=1S/C44H31N/c1-3-13-31(14-4-1)43-36-18-7-9-20-38(36)44(39-21-10-8-19-37(39)43)32-25-23-30(24-26-32)33-27-28-42-40(29-33)35-17-11-12-22-41(35)45(42)34-15-5-2-6-16-34/h1-29,38,44H. The van der Waals surface area contributed by atoms with E-state index >= 15 is 0 Å². The Hall–Kier alpha value is -5.66. The zero-order chi connectivity index (χ0) is 29.7. The predicted molar refractivity (Wildman–Crippen MR) is 189 cm³/mol. The topological polar surface area (TPSA) is 4.93 Å². The lowest BCUT2D eigenvalue weighted by Crippen LogP contribution is -2.22. The highest BCUT2D eigenvalue weighted by Crippen LogP contribution is 2.50. The van der Waals surface area contributed by atoms with Crippen LogP contribution in [0, 0.1) is 5.92 Å². The Kier molecular flexibility index (Phi) is 6.02. The highest BCUT2D eigenvalue weighted by molar-refractivity contribution is 6.10. The highest BCUT2D eigenvalue weighted by atomic mass is 15.0. The van der Waals surface area contributed by atoms with Gasteiger partial charge < -0.3 is 4.57 Å². The van der Waals surface area contributed by atoms with Crippen LogP contribution >= 0.6 is 0 Å². The van der Waals surface area contributed by atoms with E-state index in [1.807, 2.05) is 0 Å². The molecule has 6 aromatic carbocycles. The van der Waals surface area contributed by atoms with Gasteiger partial charge in [-0.2, -0.15) is 0 Å². The molecule has 1 heteroatoms. The van der Waals surface area contributed by atoms with Gasteiger partial charge in [0, 0.05) is 28.3 Å². The van der Waals surface area contributed by atoms with E-state index in [9.17, 15) is 0 Å².